The van der Waals surface area contributed by atoms with Crippen LogP contribution in [0, 0.1) is 5.82 Å². The standard InChI is InChI=1S/C16H14Cl2F3NO/c17-12-7-11(15(18)16(21)10(12)5-6-22)9-3-1-2-4-13(9)23-8-14(19)20/h1-4,7,14H,5-6,8,22H2. The molecule has 124 valence electrons. The molecule has 0 atom stereocenters. The number of hydrogen-bond acceptors (Lipinski definition) is 2. The molecule has 23 heavy (non-hydrogen) atoms. The van der Waals surface area contributed by atoms with Crippen LogP contribution < -0.4 is 10.5 Å². The number of para-hydroxylation sites is 1. The first-order chi connectivity index (χ1) is 11.0. The molecule has 0 heterocycles. The highest BCUT2D eigenvalue weighted by Gasteiger charge is 2.19. The van der Waals surface area contributed by atoms with Crippen LogP contribution in [0.3, 0.4) is 0 Å². The number of nitrogens with two attached hydrogens (primary N) is 1. The quantitative estimate of drug-likeness (QED) is 0.737. The van der Waals surface area contributed by atoms with Gasteiger partial charge in [0.2, 0.25) is 0 Å². The van der Waals surface area contributed by atoms with Crippen LogP contribution in [0.25, 0.3) is 11.1 Å². The Balaban J connectivity index is 2.51. The lowest BCUT2D eigenvalue weighted by Crippen LogP contribution is -2.08. The Morgan fingerprint density at radius 1 is 1.13 bits per heavy atom. The van der Waals surface area contributed by atoms with Crippen molar-refractivity contribution in [1.82, 2.24) is 0 Å². The van der Waals surface area contributed by atoms with Crippen LogP contribution in [0.5, 0.6) is 5.75 Å². The summed E-state index contributed by atoms with van der Waals surface area (Å²) in [5.41, 5.74) is 6.33. The van der Waals surface area contributed by atoms with Crippen molar-refractivity contribution >= 4 is 23.2 Å². The summed E-state index contributed by atoms with van der Waals surface area (Å²) in [6.07, 6.45) is -2.38. The van der Waals surface area contributed by atoms with Gasteiger partial charge in [-0.25, -0.2) is 13.2 Å². The van der Waals surface area contributed by atoms with E-state index < -0.39 is 18.8 Å². The minimum atomic E-state index is -2.62. The number of rotatable bonds is 6. The second-order valence-corrected chi connectivity index (χ2v) is 5.53. The molecule has 0 aromatic heterocycles. The Labute approximate surface area is 142 Å². The molecule has 0 spiro atoms. The van der Waals surface area contributed by atoms with E-state index in [-0.39, 0.29) is 39.9 Å². The van der Waals surface area contributed by atoms with Crippen molar-refractivity contribution in [3.63, 3.8) is 0 Å². The highest BCUT2D eigenvalue weighted by molar-refractivity contribution is 6.36. The Hall–Kier alpha value is -1.43. The molecule has 0 aliphatic heterocycles. The van der Waals surface area contributed by atoms with Crippen molar-refractivity contribution in [3.05, 3.63) is 51.8 Å². The van der Waals surface area contributed by atoms with Crippen LogP contribution in [-0.4, -0.2) is 19.6 Å². The van der Waals surface area contributed by atoms with Crippen LogP contribution in [0.15, 0.2) is 30.3 Å². The summed E-state index contributed by atoms with van der Waals surface area (Å²) < 4.78 is 44.2. The van der Waals surface area contributed by atoms with Gasteiger partial charge in [0.25, 0.3) is 6.43 Å². The number of hydrogen-bond donors (Lipinski definition) is 1. The smallest absolute Gasteiger partial charge is 0.272 e. The number of ether oxygens (including phenoxy) is 1. The topological polar surface area (TPSA) is 35.2 Å². The van der Waals surface area contributed by atoms with E-state index >= 15 is 0 Å². The third-order valence-corrected chi connectivity index (χ3v) is 3.90. The molecule has 0 unspecified atom stereocenters. The zero-order valence-corrected chi connectivity index (χ0v) is 13.5. The summed E-state index contributed by atoms with van der Waals surface area (Å²) in [5, 5.41) is 0.0296. The van der Waals surface area contributed by atoms with Crippen molar-refractivity contribution in [2.45, 2.75) is 12.8 Å². The molecule has 0 radical (unpaired) electrons. The van der Waals surface area contributed by atoms with Crippen LogP contribution in [0.1, 0.15) is 5.56 Å². The largest absolute Gasteiger partial charge is 0.487 e. The molecule has 0 aliphatic rings. The zero-order chi connectivity index (χ0) is 17.0. The molecule has 2 aromatic carbocycles. The zero-order valence-electron chi connectivity index (χ0n) is 12.0. The molecule has 0 amide bonds. The predicted molar refractivity (Wildman–Crippen MR) is 86.1 cm³/mol. The van der Waals surface area contributed by atoms with Crippen molar-refractivity contribution in [1.29, 1.82) is 0 Å². The van der Waals surface area contributed by atoms with E-state index in [0.29, 0.717) is 5.56 Å². The maximum absolute atomic E-state index is 14.4. The Bertz CT molecular complexity index is 695. The Morgan fingerprint density at radius 3 is 2.48 bits per heavy atom. The second kappa shape index (κ2) is 7.90. The minimum Gasteiger partial charge on any atom is -0.487 e. The first-order valence-electron chi connectivity index (χ1n) is 6.82. The summed E-state index contributed by atoms with van der Waals surface area (Å²) in [4.78, 5) is 0. The average molecular weight is 364 g/mol. The highest BCUT2D eigenvalue weighted by Crippen LogP contribution is 2.40. The monoisotopic (exact) mass is 363 g/mol. The van der Waals surface area contributed by atoms with Crippen LogP contribution >= 0.6 is 23.2 Å². The van der Waals surface area contributed by atoms with Gasteiger partial charge in [-0.2, -0.15) is 0 Å². The van der Waals surface area contributed by atoms with Crippen molar-refractivity contribution in [2.24, 2.45) is 5.73 Å². The average Bonchev–Trinajstić information content (AvgIpc) is 2.53. The van der Waals surface area contributed by atoms with Gasteiger partial charge in [-0.05, 0) is 25.1 Å². The van der Waals surface area contributed by atoms with Gasteiger partial charge < -0.3 is 10.5 Å². The molecule has 7 heteroatoms. The van der Waals surface area contributed by atoms with Crippen LogP contribution in [-0.2, 0) is 6.42 Å². The molecule has 0 saturated carbocycles. The van der Waals surface area contributed by atoms with E-state index in [1.54, 1.807) is 18.2 Å². The third-order valence-electron chi connectivity index (χ3n) is 3.19. The molecule has 2 aromatic rings. The number of benzene rings is 2. The SMILES string of the molecule is NCCc1c(Cl)cc(-c2ccccc2OCC(F)F)c(Cl)c1F. The lowest BCUT2D eigenvalue weighted by atomic mass is 10.0. The molecular formula is C16H14Cl2F3NO. The van der Waals surface area contributed by atoms with Gasteiger partial charge in [-0.15, -0.1) is 0 Å². The summed E-state index contributed by atoms with van der Waals surface area (Å²) in [6.45, 7) is -0.545. The maximum atomic E-state index is 14.4. The highest BCUT2D eigenvalue weighted by atomic mass is 35.5. The fourth-order valence-electron chi connectivity index (χ4n) is 2.17. The van der Waals surface area contributed by atoms with Gasteiger partial charge in [0.05, 0.1) is 5.02 Å². The summed E-state index contributed by atoms with van der Waals surface area (Å²) >= 11 is 12.2. The van der Waals surface area contributed by atoms with E-state index in [0.717, 1.165) is 0 Å². The summed E-state index contributed by atoms with van der Waals surface area (Å²) in [6, 6.07) is 7.88. The van der Waals surface area contributed by atoms with Gasteiger partial charge in [-0.1, -0.05) is 41.4 Å². The lowest BCUT2D eigenvalue weighted by molar-refractivity contribution is 0.0822. The molecule has 0 aliphatic carbocycles. The van der Waals surface area contributed by atoms with E-state index in [4.69, 9.17) is 33.7 Å². The van der Waals surface area contributed by atoms with Crippen molar-refractivity contribution in [2.75, 3.05) is 13.2 Å². The summed E-state index contributed by atoms with van der Waals surface area (Å²) in [5.74, 6) is -0.486. The minimum absolute atomic E-state index is 0.147. The van der Waals surface area contributed by atoms with Crippen molar-refractivity contribution in [3.8, 4) is 16.9 Å². The van der Waals surface area contributed by atoms with Gasteiger partial charge in [0.15, 0.2) is 0 Å². The predicted octanol–water partition coefficient (Wildman–Crippen LogP) is 4.94. The van der Waals surface area contributed by atoms with E-state index in [2.05, 4.69) is 0 Å². The van der Waals surface area contributed by atoms with Gasteiger partial charge in [0, 0.05) is 21.7 Å². The van der Waals surface area contributed by atoms with E-state index in [9.17, 15) is 13.2 Å². The first-order valence-corrected chi connectivity index (χ1v) is 7.58. The fourth-order valence-corrected chi connectivity index (χ4v) is 2.73. The molecule has 2 N–H and O–H groups in total. The molecule has 0 bridgehead atoms. The molecule has 0 fully saturated rings. The Morgan fingerprint density at radius 2 is 1.83 bits per heavy atom. The number of alkyl halides is 2. The molecule has 0 saturated heterocycles. The second-order valence-electron chi connectivity index (χ2n) is 4.75. The first kappa shape index (κ1) is 17.9. The maximum Gasteiger partial charge on any atom is 0.272 e. The van der Waals surface area contributed by atoms with Crippen LogP contribution in [0.2, 0.25) is 10.0 Å². The lowest BCUT2D eigenvalue weighted by Gasteiger charge is -2.15. The third kappa shape index (κ3) is 4.10. The van der Waals surface area contributed by atoms with Crippen molar-refractivity contribution < 1.29 is 17.9 Å². The van der Waals surface area contributed by atoms with Gasteiger partial charge in [0.1, 0.15) is 18.2 Å². The normalized spacial score (nSPS) is 11.1. The Kier molecular flexibility index (Phi) is 6.16. The number of halogens is 5. The van der Waals surface area contributed by atoms with Gasteiger partial charge in [-0.3, -0.25) is 0 Å². The van der Waals surface area contributed by atoms with Gasteiger partial charge >= 0.3 is 0 Å². The molecule has 2 rings (SSSR count). The molecule has 2 nitrogen and oxygen atoms in total. The van der Waals surface area contributed by atoms with E-state index in [1.165, 1.54) is 12.1 Å². The van der Waals surface area contributed by atoms with E-state index in [1.807, 2.05) is 0 Å². The summed E-state index contributed by atoms with van der Waals surface area (Å²) in [7, 11) is 0. The van der Waals surface area contributed by atoms with Crippen LogP contribution in [0.4, 0.5) is 13.2 Å². The molecular weight excluding hydrogens is 350 g/mol. The fraction of sp³-hybridized carbons (Fsp3) is 0.250.